The van der Waals surface area contributed by atoms with Gasteiger partial charge >= 0.3 is 0 Å². The van der Waals surface area contributed by atoms with Gasteiger partial charge in [-0.1, -0.05) is 121 Å². The van der Waals surface area contributed by atoms with Crippen molar-refractivity contribution in [2.24, 2.45) is 0 Å². The second-order valence-corrected chi connectivity index (χ2v) is 12.8. The Hall–Kier alpha value is -6.32. The normalized spacial score (nSPS) is 13.8. The van der Waals surface area contributed by atoms with Crippen molar-refractivity contribution >= 4 is 32.7 Å². The summed E-state index contributed by atoms with van der Waals surface area (Å²) < 4.78 is 19.8. The molecule has 0 radical (unpaired) electrons. The van der Waals surface area contributed by atoms with Crippen LogP contribution < -0.4 is 4.74 Å². The van der Waals surface area contributed by atoms with Crippen LogP contribution in [-0.2, 0) is 5.41 Å². The van der Waals surface area contributed by atoms with E-state index >= 15 is 0 Å². The predicted octanol–water partition coefficient (Wildman–Crippen LogP) is 12.1. The van der Waals surface area contributed by atoms with Crippen molar-refractivity contribution in [2.75, 3.05) is 0 Å². The zero-order valence-corrected chi connectivity index (χ0v) is 25.7. The molecule has 7 aromatic carbocycles. The second-order valence-electron chi connectivity index (χ2n) is 12.8. The lowest BCUT2D eigenvalue weighted by Crippen LogP contribution is -2.32. The van der Waals surface area contributed by atoms with E-state index in [0.29, 0.717) is 0 Å². The maximum Gasteiger partial charge on any atom is 0.143 e. The van der Waals surface area contributed by atoms with Gasteiger partial charge in [-0.25, -0.2) is 0 Å². The zero-order chi connectivity index (χ0) is 31.4. The van der Waals surface area contributed by atoms with E-state index in [1.54, 1.807) is 0 Å². The van der Waals surface area contributed by atoms with Gasteiger partial charge in [0, 0.05) is 38.4 Å². The number of ether oxygens (including phenoxy) is 1. The van der Waals surface area contributed by atoms with Gasteiger partial charge in [-0.3, -0.25) is 0 Å². The van der Waals surface area contributed by atoms with Crippen LogP contribution in [0.15, 0.2) is 167 Å². The highest BCUT2D eigenvalue weighted by molar-refractivity contribution is 6.18. The van der Waals surface area contributed by atoms with E-state index < -0.39 is 5.41 Å². The van der Waals surface area contributed by atoms with Crippen LogP contribution in [0.4, 0.5) is 0 Å². The quantitative estimate of drug-likeness (QED) is 0.194. The van der Waals surface area contributed by atoms with Gasteiger partial charge in [0.15, 0.2) is 0 Å². The van der Waals surface area contributed by atoms with Gasteiger partial charge in [-0.05, 0) is 64.0 Å². The summed E-state index contributed by atoms with van der Waals surface area (Å²) in [5, 5.41) is 4.42. The molecule has 0 saturated heterocycles. The van der Waals surface area contributed by atoms with Crippen LogP contribution in [0.3, 0.4) is 0 Å². The van der Waals surface area contributed by atoms with Gasteiger partial charge in [0.05, 0.1) is 5.41 Å². The summed E-state index contributed by atoms with van der Waals surface area (Å²) in [6.07, 6.45) is 0. The van der Waals surface area contributed by atoms with Gasteiger partial charge < -0.3 is 13.6 Å². The first kappa shape index (κ1) is 25.8. The van der Waals surface area contributed by atoms with Gasteiger partial charge in [0.2, 0.25) is 0 Å². The SMILES string of the molecule is c1ccc2c(c1)Oc1cc(-c3ccc(-c4cccc5oc6c7ccccc7ccc6c45)o3)ccc1C21c2ccccc2-c2ccccc21. The zero-order valence-electron chi connectivity index (χ0n) is 25.7. The van der Waals surface area contributed by atoms with Crippen molar-refractivity contribution in [3.05, 3.63) is 180 Å². The summed E-state index contributed by atoms with van der Waals surface area (Å²) in [5.41, 5.74) is 10.6. The highest BCUT2D eigenvalue weighted by Gasteiger charge is 2.50. The van der Waals surface area contributed by atoms with Gasteiger partial charge in [-0.15, -0.1) is 0 Å². The molecule has 3 heterocycles. The van der Waals surface area contributed by atoms with Crippen molar-refractivity contribution in [1.29, 1.82) is 0 Å². The molecule has 224 valence electrons. The van der Waals surface area contributed by atoms with E-state index in [9.17, 15) is 0 Å². The molecular weight excluding hydrogens is 588 g/mol. The number of furan rings is 2. The lowest BCUT2D eigenvalue weighted by atomic mass is 9.66. The van der Waals surface area contributed by atoms with Crippen molar-refractivity contribution in [3.63, 3.8) is 0 Å². The fraction of sp³-hybridized carbons (Fsp3) is 0.0222. The molecule has 0 atom stereocenters. The Morgan fingerprint density at radius 2 is 1.10 bits per heavy atom. The Morgan fingerprint density at radius 1 is 0.417 bits per heavy atom. The number of benzene rings is 7. The number of hydrogen-bond acceptors (Lipinski definition) is 3. The van der Waals surface area contributed by atoms with Crippen LogP contribution in [0, 0.1) is 0 Å². The fourth-order valence-electron chi connectivity index (χ4n) is 8.41. The van der Waals surface area contributed by atoms with Crippen molar-refractivity contribution in [3.8, 4) is 45.3 Å². The minimum absolute atomic E-state index is 0.480. The van der Waals surface area contributed by atoms with Crippen LogP contribution in [-0.4, -0.2) is 0 Å². The molecular formula is C45H26O3. The van der Waals surface area contributed by atoms with E-state index in [1.165, 1.54) is 22.3 Å². The Kier molecular flexibility index (Phi) is 5.04. The highest BCUT2D eigenvalue weighted by atomic mass is 16.5. The Balaban J connectivity index is 1.08. The van der Waals surface area contributed by atoms with E-state index in [0.717, 1.165) is 78.0 Å². The highest BCUT2D eigenvalue weighted by Crippen LogP contribution is 2.62. The Bertz CT molecular complexity index is 2730. The third-order valence-corrected chi connectivity index (χ3v) is 10.4. The summed E-state index contributed by atoms with van der Waals surface area (Å²) in [4.78, 5) is 0. The van der Waals surface area contributed by atoms with E-state index in [-0.39, 0.29) is 0 Å². The third-order valence-electron chi connectivity index (χ3n) is 10.4. The lowest BCUT2D eigenvalue weighted by molar-refractivity contribution is 0.436. The van der Waals surface area contributed by atoms with Crippen molar-refractivity contribution in [1.82, 2.24) is 0 Å². The molecule has 0 saturated carbocycles. The van der Waals surface area contributed by atoms with Crippen molar-refractivity contribution < 1.29 is 13.6 Å². The number of rotatable bonds is 2. The first-order valence-electron chi connectivity index (χ1n) is 16.3. The molecule has 1 aliphatic carbocycles. The number of fused-ring (bicyclic) bond motifs is 14. The van der Waals surface area contributed by atoms with Crippen LogP contribution in [0.5, 0.6) is 11.5 Å². The molecule has 3 heteroatoms. The molecule has 0 fully saturated rings. The van der Waals surface area contributed by atoms with Crippen LogP contribution in [0.2, 0.25) is 0 Å². The minimum atomic E-state index is -0.480. The molecule has 1 spiro atoms. The van der Waals surface area contributed by atoms with Gasteiger partial charge in [0.25, 0.3) is 0 Å². The molecule has 1 aliphatic heterocycles. The van der Waals surface area contributed by atoms with E-state index in [4.69, 9.17) is 13.6 Å². The summed E-state index contributed by atoms with van der Waals surface area (Å²) in [6.45, 7) is 0. The summed E-state index contributed by atoms with van der Waals surface area (Å²) in [5.74, 6) is 3.29. The van der Waals surface area contributed by atoms with E-state index in [1.807, 2.05) is 12.1 Å². The summed E-state index contributed by atoms with van der Waals surface area (Å²) in [7, 11) is 0. The smallest absolute Gasteiger partial charge is 0.143 e. The van der Waals surface area contributed by atoms with Crippen LogP contribution in [0.25, 0.3) is 66.5 Å². The fourth-order valence-corrected chi connectivity index (χ4v) is 8.41. The first-order valence-corrected chi connectivity index (χ1v) is 16.3. The average molecular weight is 615 g/mol. The topological polar surface area (TPSA) is 35.5 Å². The maximum absolute atomic E-state index is 6.72. The average Bonchev–Trinajstić information content (AvgIpc) is 3.86. The summed E-state index contributed by atoms with van der Waals surface area (Å²) >= 11 is 0. The molecule has 0 unspecified atom stereocenters. The molecule has 0 amide bonds. The predicted molar refractivity (Wildman–Crippen MR) is 192 cm³/mol. The molecule has 3 nitrogen and oxygen atoms in total. The molecule has 2 aromatic heterocycles. The molecule has 11 rings (SSSR count). The molecule has 9 aromatic rings. The monoisotopic (exact) mass is 614 g/mol. The third kappa shape index (κ3) is 3.27. The minimum Gasteiger partial charge on any atom is -0.457 e. The Morgan fingerprint density at radius 3 is 1.96 bits per heavy atom. The van der Waals surface area contributed by atoms with Crippen LogP contribution >= 0.6 is 0 Å². The first-order chi connectivity index (χ1) is 23.8. The molecule has 0 N–H and O–H groups in total. The molecule has 0 bridgehead atoms. The number of para-hydroxylation sites is 1. The number of hydrogen-bond donors (Lipinski definition) is 0. The van der Waals surface area contributed by atoms with Crippen LogP contribution in [0.1, 0.15) is 22.3 Å². The van der Waals surface area contributed by atoms with E-state index in [2.05, 4.69) is 146 Å². The largest absolute Gasteiger partial charge is 0.457 e. The van der Waals surface area contributed by atoms with Gasteiger partial charge in [0.1, 0.15) is 34.2 Å². The molecule has 2 aliphatic rings. The lowest BCUT2D eigenvalue weighted by Gasteiger charge is -2.39. The maximum atomic E-state index is 6.72. The van der Waals surface area contributed by atoms with Crippen molar-refractivity contribution in [2.45, 2.75) is 5.41 Å². The standard InChI is InChI=1S/C45H26O3/c1-2-11-29-27(10-1)20-22-33-43-32(14-9-19-41(43)48-44(29)33)39-25-24-38(46-39)28-21-23-37-42(26-28)47-40-18-8-7-17-36(40)45(37)34-15-5-3-12-30(34)31-13-4-6-16-35(31)45/h1-26H. The summed E-state index contributed by atoms with van der Waals surface area (Å²) in [6, 6.07) is 55.6. The molecule has 48 heavy (non-hydrogen) atoms. The second kappa shape index (κ2) is 9.37. The Labute approximate surface area is 276 Å². The van der Waals surface area contributed by atoms with Gasteiger partial charge in [-0.2, -0.15) is 0 Å².